The first-order valence-corrected chi connectivity index (χ1v) is 10.9. The van der Waals surface area contributed by atoms with Crippen LogP contribution in [0.3, 0.4) is 0 Å². The number of rotatable bonds is 6. The summed E-state index contributed by atoms with van der Waals surface area (Å²) in [6.07, 6.45) is 1.59. The van der Waals surface area contributed by atoms with Crippen LogP contribution in [0.5, 0.6) is 5.75 Å². The van der Waals surface area contributed by atoms with Gasteiger partial charge in [-0.3, -0.25) is 10.1 Å². The number of esters is 1. The summed E-state index contributed by atoms with van der Waals surface area (Å²) in [5.74, 6) is 0.0834. The number of nitrogens with zero attached hydrogens (tertiary/aromatic N) is 2. The summed E-state index contributed by atoms with van der Waals surface area (Å²) in [6, 6.07) is 7.80. The van der Waals surface area contributed by atoms with Crippen LogP contribution in [0, 0.1) is 17.3 Å². The van der Waals surface area contributed by atoms with Gasteiger partial charge in [0.1, 0.15) is 17.4 Å². The van der Waals surface area contributed by atoms with Gasteiger partial charge in [0.05, 0.1) is 12.1 Å². The Morgan fingerprint density at radius 1 is 1.33 bits per heavy atom. The summed E-state index contributed by atoms with van der Waals surface area (Å²) < 4.78 is 12.7. The zero-order chi connectivity index (χ0) is 22.0. The van der Waals surface area contributed by atoms with Crippen molar-refractivity contribution >= 4 is 80.4 Å². The van der Waals surface area contributed by atoms with E-state index < -0.39 is 10.9 Å². The molecule has 3 rings (SSSR count). The third-order valence-electron chi connectivity index (χ3n) is 3.80. The first kappa shape index (κ1) is 22.7. The minimum Gasteiger partial charge on any atom is -0.487 e. The molecule has 2 aromatic rings. The van der Waals surface area contributed by atoms with E-state index in [1.807, 2.05) is 19.1 Å². The molecule has 0 amide bonds. The van der Waals surface area contributed by atoms with Crippen molar-refractivity contribution in [2.75, 3.05) is 6.61 Å². The predicted octanol–water partition coefficient (Wildman–Crippen LogP) is 5.76. The molecule has 0 N–H and O–H groups in total. The number of nitro groups is 1. The Hall–Kier alpha value is -1.99. The number of nitro benzene ring substituents is 1. The molecule has 0 aromatic heterocycles. The van der Waals surface area contributed by atoms with Gasteiger partial charge in [-0.1, -0.05) is 18.2 Å². The molecule has 0 saturated carbocycles. The summed E-state index contributed by atoms with van der Waals surface area (Å²) in [5.41, 5.74) is 1.73. The van der Waals surface area contributed by atoms with Crippen molar-refractivity contribution in [1.82, 2.24) is 0 Å². The molecule has 0 bridgehead atoms. The number of hydrogen-bond acceptors (Lipinski definition) is 6. The monoisotopic (exact) mass is 650 g/mol. The lowest BCUT2D eigenvalue weighted by Gasteiger charge is -2.11. The summed E-state index contributed by atoms with van der Waals surface area (Å²) in [5, 5.41) is 11.1. The third kappa shape index (κ3) is 5.19. The average molecular weight is 651 g/mol. The SMILES string of the molecule is C=C(C)COc1c(I)cc(/C=C2\N=C(c3ccc(Cl)c([N+](=O)[O-])c3)OC2=O)cc1I. The first-order chi connectivity index (χ1) is 14.2. The second kappa shape index (κ2) is 9.43. The number of carbonyl (C=O) groups excluding carboxylic acids is 1. The Labute approximate surface area is 204 Å². The Bertz CT molecular complexity index is 1120. The van der Waals surface area contributed by atoms with Crippen LogP contribution in [0.4, 0.5) is 5.69 Å². The number of halogens is 3. The zero-order valence-electron chi connectivity index (χ0n) is 15.4. The normalized spacial score (nSPS) is 14.5. The van der Waals surface area contributed by atoms with Crippen LogP contribution in [0.2, 0.25) is 5.02 Å². The largest absolute Gasteiger partial charge is 0.487 e. The molecule has 1 aliphatic heterocycles. The maximum absolute atomic E-state index is 12.3. The third-order valence-corrected chi connectivity index (χ3v) is 5.72. The van der Waals surface area contributed by atoms with Gasteiger partial charge in [-0.15, -0.1) is 0 Å². The van der Waals surface area contributed by atoms with Crippen molar-refractivity contribution in [3.05, 3.63) is 81.6 Å². The second-order valence-corrected chi connectivity index (χ2v) is 9.05. The minimum absolute atomic E-state index is 0.0115. The molecule has 0 unspecified atom stereocenters. The van der Waals surface area contributed by atoms with Crippen LogP contribution in [-0.2, 0) is 9.53 Å². The quantitative estimate of drug-likeness (QED) is 0.0992. The smallest absolute Gasteiger partial charge is 0.363 e. The molecule has 0 fully saturated rings. The van der Waals surface area contributed by atoms with Crippen molar-refractivity contribution in [2.24, 2.45) is 4.99 Å². The molecule has 10 heteroatoms. The summed E-state index contributed by atoms with van der Waals surface area (Å²) in [4.78, 5) is 26.9. The van der Waals surface area contributed by atoms with E-state index in [0.717, 1.165) is 24.0 Å². The van der Waals surface area contributed by atoms with Crippen molar-refractivity contribution in [1.29, 1.82) is 0 Å². The van der Waals surface area contributed by atoms with Gasteiger partial charge in [-0.25, -0.2) is 9.79 Å². The summed E-state index contributed by atoms with van der Waals surface area (Å²) >= 11 is 10.1. The van der Waals surface area contributed by atoms with E-state index in [2.05, 4.69) is 56.8 Å². The number of carbonyl (C=O) groups is 1. The Morgan fingerprint density at radius 2 is 2.00 bits per heavy atom. The number of ether oxygens (including phenoxy) is 2. The topological polar surface area (TPSA) is 91.0 Å². The number of cyclic esters (lactones) is 1. The fourth-order valence-electron chi connectivity index (χ4n) is 2.47. The molecule has 0 radical (unpaired) electrons. The maximum Gasteiger partial charge on any atom is 0.363 e. The van der Waals surface area contributed by atoms with Gasteiger partial charge < -0.3 is 9.47 Å². The first-order valence-electron chi connectivity index (χ1n) is 8.39. The van der Waals surface area contributed by atoms with Crippen LogP contribution in [0.25, 0.3) is 6.08 Å². The van der Waals surface area contributed by atoms with E-state index in [1.54, 1.807) is 6.08 Å². The summed E-state index contributed by atoms with van der Waals surface area (Å²) in [7, 11) is 0. The van der Waals surface area contributed by atoms with Crippen LogP contribution in [0.1, 0.15) is 18.1 Å². The van der Waals surface area contributed by atoms with Gasteiger partial charge in [0.25, 0.3) is 5.69 Å². The van der Waals surface area contributed by atoms with Gasteiger partial charge >= 0.3 is 5.97 Å². The average Bonchev–Trinajstić information content (AvgIpc) is 3.01. The standard InChI is InChI=1S/C20H13ClI2N2O5/c1-10(2)9-29-18-14(22)5-11(6-15(18)23)7-16-20(26)30-19(24-16)12-3-4-13(21)17(8-12)25(27)28/h3-8H,1,9H2,2H3/b16-7-. The van der Waals surface area contributed by atoms with Crippen molar-refractivity contribution in [3.63, 3.8) is 0 Å². The molecule has 154 valence electrons. The lowest BCUT2D eigenvalue weighted by molar-refractivity contribution is -0.384. The Balaban J connectivity index is 1.92. The lowest BCUT2D eigenvalue weighted by Crippen LogP contribution is -2.06. The fraction of sp³-hybridized carbons (Fsp3) is 0.100. The van der Waals surface area contributed by atoms with E-state index in [0.29, 0.717) is 6.61 Å². The Morgan fingerprint density at radius 3 is 2.60 bits per heavy atom. The van der Waals surface area contributed by atoms with E-state index in [4.69, 9.17) is 21.1 Å². The van der Waals surface area contributed by atoms with E-state index >= 15 is 0 Å². The van der Waals surface area contributed by atoms with Gasteiger partial charge in [-0.2, -0.15) is 0 Å². The van der Waals surface area contributed by atoms with Crippen molar-refractivity contribution < 1.29 is 19.2 Å². The van der Waals surface area contributed by atoms with Crippen molar-refractivity contribution in [3.8, 4) is 5.75 Å². The maximum atomic E-state index is 12.3. The molecule has 0 saturated heterocycles. The van der Waals surface area contributed by atoms with Crippen molar-refractivity contribution in [2.45, 2.75) is 6.92 Å². The molecule has 0 aliphatic carbocycles. The minimum atomic E-state index is -0.643. The van der Waals surface area contributed by atoms with Crippen LogP contribution in [-0.4, -0.2) is 23.4 Å². The van der Waals surface area contributed by atoms with Crippen LogP contribution < -0.4 is 4.74 Å². The van der Waals surface area contributed by atoms with Crippen LogP contribution in [0.15, 0.2) is 53.2 Å². The van der Waals surface area contributed by atoms with Gasteiger partial charge in [0, 0.05) is 11.6 Å². The highest BCUT2D eigenvalue weighted by atomic mass is 127. The molecule has 0 atom stereocenters. The fourth-order valence-corrected chi connectivity index (χ4v) is 4.79. The van der Waals surface area contributed by atoms with E-state index in [-0.39, 0.29) is 27.9 Å². The number of benzene rings is 2. The van der Waals surface area contributed by atoms with E-state index in [9.17, 15) is 14.9 Å². The molecular weight excluding hydrogens is 637 g/mol. The molecule has 7 nitrogen and oxygen atoms in total. The highest BCUT2D eigenvalue weighted by molar-refractivity contribution is 14.1. The molecule has 1 heterocycles. The molecule has 0 spiro atoms. The molecule has 1 aliphatic rings. The lowest BCUT2D eigenvalue weighted by atomic mass is 10.2. The molecular formula is C20H13ClI2N2O5. The zero-order valence-corrected chi connectivity index (χ0v) is 20.5. The highest BCUT2D eigenvalue weighted by Crippen LogP contribution is 2.31. The second-order valence-electron chi connectivity index (χ2n) is 6.32. The Kier molecular flexibility index (Phi) is 7.14. The highest BCUT2D eigenvalue weighted by Gasteiger charge is 2.26. The number of aliphatic imine (C=N–C) groups is 1. The predicted molar refractivity (Wildman–Crippen MR) is 131 cm³/mol. The molecule has 30 heavy (non-hydrogen) atoms. The van der Waals surface area contributed by atoms with Crippen LogP contribution >= 0.6 is 56.8 Å². The summed E-state index contributed by atoms with van der Waals surface area (Å²) in [6.45, 7) is 6.13. The van der Waals surface area contributed by atoms with Gasteiger partial charge in [0.15, 0.2) is 5.70 Å². The number of hydrogen-bond donors (Lipinski definition) is 0. The van der Waals surface area contributed by atoms with Gasteiger partial charge in [0.2, 0.25) is 5.90 Å². The van der Waals surface area contributed by atoms with E-state index in [1.165, 1.54) is 18.2 Å². The molecule has 2 aromatic carbocycles. The van der Waals surface area contributed by atoms with Gasteiger partial charge in [-0.05, 0) is 93.6 Å².